The first-order valence-corrected chi connectivity index (χ1v) is 29.6. The highest BCUT2D eigenvalue weighted by molar-refractivity contribution is 8.02. The Kier molecular flexibility index (Phi) is 53.1. The van der Waals surface area contributed by atoms with Gasteiger partial charge in [-0.25, -0.2) is 0 Å². The van der Waals surface area contributed by atoms with Crippen LogP contribution >= 0.6 is 23.5 Å². The number of thioether (sulfide) groups is 2. The van der Waals surface area contributed by atoms with Gasteiger partial charge < -0.3 is 29.1 Å². The van der Waals surface area contributed by atoms with Crippen LogP contribution in [0.4, 0.5) is 0 Å². The molecule has 0 unspecified atom stereocenters. The normalized spacial score (nSPS) is 12.5. The first-order valence-electron chi connectivity index (χ1n) is 27.3. The summed E-state index contributed by atoms with van der Waals surface area (Å²) >= 11 is 4.18. The highest BCUT2D eigenvalue weighted by Gasteiger charge is 2.25. The largest absolute Gasteiger partial charge is 0.379 e. The number of nitrogens with zero attached hydrogens (tertiary/aromatic N) is 4. The van der Waals surface area contributed by atoms with Crippen molar-refractivity contribution in [2.75, 3.05) is 123 Å². The quantitative estimate of drug-likeness (QED) is 0.0602. The van der Waals surface area contributed by atoms with Crippen molar-refractivity contribution in [2.24, 2.45) is 64.6 Å². The van der Waals surface area contributed by atoms with Crippen LogP contribution in [0.2, 0.25) is 0 Å². The summed E-state index contributed by atoms with van der Waals surface area (Å²) in [7, 11) is 8.92. The Bertz CT molecular complexity index is 905. The van der Waals surface area contributed by atoms with Crippen LogP contribution in [0.25, 0.3) is 0 Å². The van der Waals surface area contributed by atoms with Crippen molar-refractivity contribution >= 4 is 23.5 Å². The van der Waals surface area contributed by atoms with E-state index in [1.807, 2.05) is 0 Å². The second kappa shape index (κ2) is 46.5. The monoisotopic (exact) mass is 979 g/mol. The molecule has 8 heteroatoms. The summed E-state index contributed by atoms with van der Waals surface area (Å²) in [5.41, 5.74) is 0.786. The van der Waals surface area contributed by atoms with Crippen LogP contribution in [0.3, 0.4) is 0 Å². The lowest BCUT2D eigenvalue weighted by Crippen LogP contribution is -2.42. The second-order valence-electron chi connectivity index (χ2n) is 25.3. The van der Waals surface area contributed by atoms with Crippen LogP contribution in [0.15, 0.2) is 0 Å². The zero-order chi connectivity index (χ0) is 52.6. The molecule has 0 aliphatic carbocycles. The van der Waals surface area contributed by atoms with Crippen LogP contribution < -0.4 is 0 Å². The molecule has 0 aliphatic heterocycles. The Morgan fingerprint density at radius 2 is 0.773 bits per heavy atom. The minimum Gasteiger partial charge on any atom is -0.379 e. The molecule has 0 aliphatic rings. The molecule has 0 aromatic carbocycles. The van der Waals surface area contributed by atoms with E-state index < -0.39 is 0 Å². The van der Waals surface area contributed by atoms with E-state index in [2.05, 4.69) is 237 Å². The molecule has 0 aromatic heterocycles. The average molecular weight is 980 g/mol. The van der Waals surface area contributed by atoms with Gasteiger partial charge in [0.2, 0.25) is 0 Å². The molecule has 0 radical (unpaired) electrons. The smallest absolute Gasteiger partial charge is 0.0700 e. The third kappa shape index (κ3) is 64.5. The van der Waals surface area contributed by atoms with E-state index in [1.165, 1.54) is 88.1 Å². The van der Waals surface area contributed by atoms with Gasteiger partial charge in [0.05, 0.1) is 13.2 Å². The van der Waals surface area contributed by atoms with Gasteiger partial charge in [0.15, 0.2) is 0 Å². The SMILES string of the molecule is CC(C)CCN(C)C(C)(C)CC(C)C.CC(C)CCN(C)CC(C)(C)C(C)C.CC(C)CN(C)CCN(C)CC(C)C.CC(C)COCCOCC(C)C.CC(C)CSCCSCC(C)C. The molecule has 0 aromatic rings. The van der Waals surface area contributed by atoms with Gasteiger partial charge in [-0.1, -0.05) is 152 Å². The molecule has 0 heterocycles. The molecule has 0 fully saturated rings. The molecule has 0 spiro atoms. The van der Waals surface area contributed by atoms with Gasteiger partial charge in [-0.3, -0.25) is 0 Å². The molecule has 0 amide bonds. The zero-order valence-corrected chi connectivity index (χ0v) is 52.6. The van der Waals surface area contributed by atoms with Gasteiger partial charge in [0.25, 0.3) is 0 Å². The Labute approximate surface area is 429 Å². The van der Waals surface area contributed by atoms with E-state index >= 15 is 0 Å². The average Bonchev–Trinajstić information content (AvgIpc) is 3.14. The summed E-state index contributed by atoms with van der Waals surface area (Å²) in [4.78, 5) is 9.82. The Hall–Kier alpha value is 0.460. The maximum Gasteiger partial charge on any atom is 0.0700 e. The van der Waals surface area contributed by atoms with Crippen LogP contribution in [0.5, 0.6) is 0 Å². The summed E-state index contributed by atoms with van der Waals surface area (Å²) in [6.45, 7) is 66.2. The van der Waals surface area contributed by atoms with E-state index in [0.29, 0.717) is 22.8 Å². The minimum absolute atomic E-state index is 0.350. The van der Waals surface area contributed by atoms with Crippen LogP contribution in [0.1, 0.15) is 185 Å². The number of rotatable bonds is 33. The molecule has 0 saturated heterocycles. The van der Waals surface area contributed by atoms with E-state index in [1.54, 1.807) is 0 Å². The molecular formula is C58H130N4O2S2. The topological polar surface area (TPSA) is 31.4 Å². The van der Waals surface area contributed by atoms with E-state index in [9.17, 15) is 0 Å². The fourth-order valence-electron chi connectivity index (χ4n) is 6.63. The number of ether oxygens (including phenoxy) is 2. The summed E-state index contributed by atoms with van der Waals surface area (Å²) in [6.07, 6.45) is 3.89. The van der Waals surface area contributed by atoms with Crippen LogP contribution in [0, 0.1) is 64.6 Å². The number of likely N-dealkylation sites (N-methyl/N-ethyl adjacent to an activating group) is 2. The lowest BCUT2D eigenvalue weighted by atomic mass is 9.81. The third-order valence-corrected chi connectivity index (χ3v) is 14.1. The standard InChI is InChI=1S/2C13H29N.C12H28N2.C10H22O2.C10H22S2/c1-11(2)8-9-14(7)10-13(5,6)12(3)4;1-11(2)8-9-14(7)13(5,6)10-12(3)4;1-11(2)9-13(5)7-8-14(6)10-12(3)4;2*1-9(2)7-11-5-6-12-8-10(3)4/h2*11-12H,8-10H2,1-7H3;11-12H,7-10H2,1-6H3;2*9-10H,5-8H2,1-4H3. The maximum absolute atomic E-state index is 5.35. The molecule has 0 rings (SSSR count). The summed E-state index contributed by atoms with van der Waals surface area (Å²) < 4.78 is 10.7. The minimum atomic E-state index is 0.350. The van der Waals surface area contributed by atoms with Gasteiger partial charge in [-0.05, 0) is 150 Å². The molecule has 0 saturated carbocycles. The Balaban J connectivity index is -0.000000235. The fourth-order valence-corrected chi connectivity index (χ4v) is 8.85. The Morgan fingerprint density at radius 1 is 0.409 bits per heavy atom. The van der Waals surface area contributed by atoms with Crippen molar-refractivity contribution < 1.29 is 9.47 Å². The number of hydrogen-bond acceptors (Lipinski definition) is 8. The molecule has 0 bridgehead atoms. The van der Waals surface area contributed by atoms with E-state index in [-0.39, 0.29) is 0 Å². The third-order valence-electron chi connectivity index (χ3n) is 11.1. The van der Waals surface area contributed by atoms with Gasteiger partial charge >= 0.3 is 0 Å². The zero-order valence-electron chi connectivity index (χ0n) is 50.9. The predicted octanol–water partition coefficient (Wildman–Crippen LogP) is 15.7. The van der Waals surface area contributed by atoms with Gasteiger partial charge in [-0.2, -0.15) is 23.5 Å². The van der Waals surface area contributed by atoms with Crippen LogP contribution in [-0.4, -0.2) is 149 Å². The molecule has 66 heavy (non-hydrogen) atoms. The predicted molar refractivity (Wildman–Crippen MR) is 311 cm³/mol. The molecule has 0 N–H and O–H groups in total. The first-order chi connectivity index (χ1) is 30.2. The summed E-state index contributed by atoms with van der Waals surface area (Å²) in [5.74, 6) is 13.0. The van der Waals surface area contributed by atoms with Gasteiger partial charge in [0.1, 0.15) is 0 Å². The van der Waals surface area contributed by atoms with Crippen molar-refractivity contribution in [3.05, 3.63) is 0 Å². The number of hydrogen-bond donors (Lipinski definition) is 0. The fraction of sp³-hybridized carbons (Fsp3) is 1.00. The van der Waals surface area contributed by atoms with Crippen molar-refractivity contribution in [1.29, 1.82) is 0 Å². The van der Waals surface area contributed by atoms with Gasteiger partial charge in [0, 0.05) is 63.0 Å². The summed E-state index contributed by atoms with van der Waals surface area (Å²) in [5, 5.41) is 0. The highest BCUT2D eigenvalue weighted by atomic mass is 32.2. The highest BCUT2D eigenvalue weighted by Crippen LogP contribution is 2.27. The lowest BCUT2D eigenvalue weighted by Gasteiger charge is -2.37. The molecule has 6 nitrogen and oxygen atoms in total. The van der Waals surface area contributed by atoms with Crippen molar-refractivity contribution in [3.8, 4) is 0 Å². The Morgan fingerprint density at radius 3 is 1.06 bits per heavy atom. The van der Waals surface area contributed by atoms with E-state index in [4.69, 9.17) is 9.47 Å². The second-order valence-corrected chi connectivity index (χ2v) is 27.6. The molecular weight excluding hydrogens is 849 g/mol. The van der Waals surface area contributed by atoms with Crippen molar-refractivity contribution in [3.63, 3.8) is 0 Å². The lowest BCUT2D eigenvalue weighted by molar-refractivity contribution is 0.0292. The summed E-state index contributed by atoms with van der Waals surface area (Å²) in [6, 6.07) is 0. The van der Waals surface area contributed by atoms with E-state index in [0.717, 1.165) is 73.8 Å². The van der Waals surface area contributed by atoms with Gasteiger partial charge in [-0.15, -0.1) is 0 Å². The van der Waals surface area contributed by atoms with Crippen molar-refractivity contribution in [1.82, 2.24) is 19.6 Å². The first kappa shape index (κ1) is 75.4. The molecule has 406 valence electrons. The van der Waals surface area contributed by atoms with Crippen molar-refractivity contribution in [2.45, 2.75) is 191 Å². The van der Waals surface area contributed by atoms with Crippen LogP contribution in [-0.2, 0) is 9.47 Å². The molecule has 0 atom stereocenters. The maximum atomic E-state index is 5.35.